The molecule has 86 valence electrons. The summed E-state index contributed by atoms with van der Waals surface area (Å²) in [4.78, 5) is 14.7. The van der Waals surface area contributed by atoms with Gasteiger partial charge in [0, 0.05) is 0 Å². The lowest BCUT2D eigenvalue weighted by molar-refractivity contribution is -0.607. The van der Waals surface area contributed by atoms with Crippen LogP contribution in [0, 0.1) is 5.21 Å². The number of rotatable bonds is 3. The van der Waals surface area contributed by atoms with Gasteiger partial charge in [-0.2, -0.15) is 4.73 Å². The smallest absolute Gasteiger partial charge is 0.367 e. The normalized spacial score (nSPS) is 11.2. The highest BCUT2D eigenvalue weighted by molar-refractivity contribution is 6.42. The monoisotopic (exact) mass is 227 g/mol. The van der Waals surface area contributed by atoms with Crippen LogP contribution in [0.4, 0.5) is 0 Å². The maximum absolute atomic E-state index is 11.3. The first kappa shape index (κ1) is 11.7. The molecule has 0 atom stereocenters. The average molecular weight is 227 g/mol. The average Bonchev–Trinajstić information content (AvgIpc) is 2.24. The summed E-state index contributed by atoms with van der Waals surface area (Å²) in [5, 5.41) is 31.8. The lowest BCUT2D eigenvalue weighted by Gasteiger charge is -2.05. The van der Waals surface area contributed by atoms with Gasteiger partial charge in [-0.3, -0.25) is 0 Å². The largest absolute Gasteiger partial charge is 0.618 e. The lowest BCUT2D eigenvalue weighted by atomic mass is 10.2. The second-order valence-electron chi connectivity index (χ2n) is 2.59. The van der Waals surface area contributed by atoms with Gasteiger partial charge in [-0.1, -0.05) is 5.16 Å². The molecule has 1 heterocycles. The van der Waals surface area contributed by atoms with E-state index in [0.717, 1.165) is 12.4 Å². The summed E-state index contributed by atoms with van der Waals surface area (Å²) in [5.74, 6) is -1.75. The van der Waals surface area contributed by atoms with Crippen molar-refractivity contribution in [3.05, 3.63) is 23.3 Å². The van der Waals surface area contributed by atoms with Crippen LogP contribution in [0.25, 0.3) is 0 Å². The van der Waals surface area contributed by atoms with Gasteiger partial charge in [-0.25, -0.2) is 9.78 Å². The molecular formula is C8H9N3O5. The molecule has 1 aromatic rings. The lowest BCUT2D eigenvalue weighted by Crippen LogP contribution is -2.38. The van der Waals surface area contributed by atoms with Gasteiger partial charge in [0.25, 0.3) is 11.6 Å². The van der Waals surface area contributed by atoms with E-state index in [2.05, 4.69) is 14.9 Å². The first-order valence-electron chi connectivity index (χ1n) is 4.28. The molecule has 0 aliphatic carbocycles. The van der Waals surface area contributed by atoms with Crippen molar-refractivity contribution in [3.63, 3.8) is 0 Å². The number of esters is 1. The van der Waals surface area contributed by atoms with Crippen molar-refractivity contribution in [1.29, 1.82) is 0 Å². The van der Waals surface area contributed by atoms with Crippen LogP contribution in [0.1, 0.15) is 12.6 Å². The van der Waals surface area contributed by atoms with Gasteiger partial charge in [0.2, 0.25) is 0 Å². The van der Waals surface area contributed by atoms with Crippen LogP contribution in [-0.4, -0.2) is 33.6 Å². The second-order valence-corrected chi connectivity index (χ2v) is 2.59. The van der Waals surface area contributed by atoms with Gasteiger partial charge < -0.3 is 20.3 Å². The fourth-order valence-electron chi connectivity index (χ4n) is 0.993. The Hall–Kier alpha value is -2.38. The molecule has 8 nitrogen and oxygen atoms in total. The maximum Gasteiger partial charge on any atom is 0.367 e. The molecule has 0 aliphatic rings. The number of hydrogen-bond acceptors (Lipinski definition) is 7. The van der Waals surface area contributed by atoms with Crippen LogP contribution in [0.2, 0.25) is 0 Å². The zero-order valence-electron chi connectivity index (χ0n) is 8.32. The van der Waals surface area contributed by atoms with Crippen LogP contribution < -0.4 is 4.73 Å². The van der Waals surface area contributed by atoms with E-state index >= 15 is 0 Å². The molecule has 0 fully saturated rings. The first-order chi connectivity index (χ1) is 7.61. The minimum absolute atomic E-state index is 0.0394. The van der Waals surface area contributed by atoms with E-state index < -0.39 is 23.3 Å². The van der Waals surface area contributed by atoms with E-state index in [1.54, 1.807) is 6.92 Å². The fraction of sp³-hybridized carbons (Fsp3) is 0.250. The Kier molecular flexibility index (Phi) is 3.59. The molecule has 0 aromatic carbocycles. The number of ether oxygens (including phenoxy) is 1. The van der Waals surface area contributed by atoms with Crippen LogP contribution in [0.15, 0.2) is 17.5 Å². The molecule has 2 N–H and O–H groups in total. The second kappa shape index (κ2) is 4.91. The Labute approximate surface area is 90.0 Å². The molecule has 0 aliphatic heterocycles. The highest BCUT2D eigenvalue weighted by Gasteiger charge is 2.29. The Bertz CT molecular complexity index is 411. The molecule has 8 heteroatoms. The number of oxime groups is 1. The molecule has 0 amide bonds. The predicted molar refractivity (Wildman–Crippen MR) is 49.8 cm³/mol. The zero-order valence-corrected chi connectivity index (χ0v) is 8.32. The third kappa shape index (κ3) is 2.16. The van der Waals surface area contributed by atoms with E-state index in [0.29, 0.717) is 0 Å². The van der Waals surface area contributed by atoms with E-state index in [1.807, 2.05) is 0 Å². The quantitative estimate of drug-likeness (QED) is 0.173. The van der Waals surface area contributed by atoms with Gasteiger partial charge in [-0.05, 0) is 6.92 Å². The molecular weight excluding hydrogens is 218 g/mol. The van der Waals surface area contributed by atoms with Crippen molar-refractivity contribution in [2.45, 2.75) is 6.92 Å². The van der Waals surface area contributed by atoms with E-state index in [9.17, 15) is 15.1 Å². The summed E-state index contributed by atoms with van der Waals surface area (Å²) in [6, 6.07) is 0. The number of carbonyl (C=O) groups is 1. The van der Waals surface area contributed by atoms with Crippen molar-refractivity contribution < 1.29 is 24.6 Å². The molecule has 1 rings (SSSR count). The predicted octanol–water partition coefficient (Wildman–Crippen LogP) is -0.838. The molecule has 0 bridgehead atoms. The van der Waals surface area contributed by atoms with E-state index in [-0.39, 0.29) is 11.3 Å². The molecule has 1 aromatic heterocycles. The Balaban J connectivity index is 3.20. The van der Waals surface area contributed by atoms with Crippen LogP contribution >= 0.6 is 0 Å². The fourth-order valence-corrected chi connectivity index (χ4v) is 0.993. The number of carbonyl (C=O) groups excluding carboxylic acids is 1. The number of hydrogen-bond donors (Lipinski definition) is 2. The van der Waals surface area contributed by atoms with Crippen molar-refractivity contribution in [2.75, 3.05) is 6.61 Å². The third-order valence-corrected chi connectivity index (χ3v) is 1.62. The topological polar surface area (TPSA) is 119 Å². The summed E-state index contributed by atoms with van der Waals surface area (Å²) in [6.07, 6.45) is 1.98. The summed E-state index contributed by atoms with van der Waals surface area (Å²) in [7, 11) is 0. The van der Waals surface area contributed by atoms with Crippen LogP contribution in [0.5, 0.6) is 5.88 Å². The summed E-state index contributed by atoms with van der Waals surface area (Å²) >= 11 is 0. The minimum Gasteiger partial charge on any atom is -0.618 e. The molecule has 0 spiro atoms. The zero-order chi connectivity index (χ0) is 12.1. The minimum atomic E-state index is -1.03. The Morgan fingerprint density at radius 3 is 2.94 bits per heavy atom. The maximum atomic E-state index is 11.3. The van der Waals surface area contributed by atoms with Crippen molar-refractivity contribution in [2.24, 2.45) is 5.16 Å². The number of aromatic hydroxyl groups is 1. The van der Waals surface area contributed by atoms with Crippen LogP contribution in [0.3, 0.4) is 0 Å². The van der Waals surface area contributed by atoms with Crippen LogP contribution in [-0.2, 0) is 9.53 Å². The van der Waals surface area contributed by atoms with Gasteiger partial charge in [0.15, 0.2) is 6.20 Å². The molecule has 0 saturated carbocycles. The van der Waals surface area contributed by atoms with Gasteiger partial charge in [0.1, 0.15) is 0 Å². The van der Waals surface area contributed by atoms with Crippen molar-refractivity contribution in [1.82, 2.24) is 4.98 Å². The summed E-state index contributed by atoms with van der Waals surface area (Å²) < 4.78 is 4.69. The number of nitrogens with zero attached hydrogens (tertiary/aromatic N) is 3. The van der Waals surface area contributed by atoms with E-state index in [4.69, 9.17) is 5.21 Å². The summed E-state index contributed by atoms with van der Waals surface area (Å²) in [6.45, 7) is 1.58. The molecule has 0 radical (unpaired) electrons. The SMILES string of the molecule is CCOC(=O)/C(=N/O)c1c(O)ncc[n+]1[O-]. The van der Waals surface area contributed by atoms with Crippen molar-refractivity contribution >= 4 is 11.7 Å². The molecule has 0 unspecified atom stereocenters. The highest BCUT2D eigenvalue weighted by atomic mass is 16.5. The Morgan fingerprint density at radius 2 is 2.44 bits per heavy atom. The van der Waals surface area contributed by atoms with Gasteiger partial charge in [-0.15, -0.1) is 0 Å². The van der Waals surface area contributed by atoms with Gasteiger partial charge >= 0.3 is 11.7 Å². The van der Waals surface area contributed by atoms with Crippen molar-refractivity contribution in [3.8, 4) is 5.88 Å². The van der Waals surface area contributed by atoms with Gasteiger partial charge in [0.05, 0.1) is 12.8 Å². The van der Waals surface area contributed by atoms with E-state index in [1.165, 1.54) is 0 Å². The summed E-state index contributed by atoms with van der Waals surface area (Å²) in [5.41, 5.74) is -1.27. The standard InChI is InChI=1S/C8H9N3O5/c1-2-16-8(13)5(10-14)6-7(12)9-3-4-11(6)15/h3-4,14H,2H2,1H3,(H,9,12)/b10-5+. The highest BCUT2D eigenvalue weighted by Crippen LogP contribution is 2.09. The number of aromatic nitrogens is 2. The molecule has 0 saturated heterocycles. The first-order valence-corrected chi connectivity index (χ1v) is 4.28. The molecule has 16 heavy (non-hydrogen) atoms. The third-order valence-electron chi connectivity index (χ3n) is 1.62. The Morgan fingerprint density at radius 1 is 1.75 bits per heavy atom.